The molecule has 0 bridgehead atoms. The number of aromatic nitrogens is 1. The van der Waals surface area contributed by atoms with E-state index in [-0.39, 0.29) is 18.1 Å². The fourth-order valence-corrected chi connectivity index (χ4v) is 3.81. The molecule has 2 saturated carbocycles. The largest absolute Gasteiger partial charge is 0.477 e. The number of halogens is 1. The van der Waals surface area contributed by atoms with E-state index >= 15 is 0 Å². The summed E-state index contributed by atoms with van der Waals surface area (Å²) in [4.78, 5) is 23.1. The molecule has 1 atom stereocenters. The monoisotopic (exact) mass is 455 g/mol. The molecule has 0 saturated heterocycles. The highest BCUT2D eigenvalue weighted by atomic mass is 35.5. The molecule has 2 aromatic rings. The summed E-state index contributed by atoms with van der Waals surface area (Å²) in [6, 6.07) is 9.21. The van der Waals surface area contributed by atoms with Gasteiger partial charge in [0.1, 0.15) is 6.10 Å². The molecule has 2 fully saturated rings. The van der Waals surface area contributed by atoms with E-state index in [4.69, 9.17) is 21.2 Å². The van der Waals surface area contributed by atoms with Crippen LogP contribution < -0.4 is 10.1 Å². The van der Waals surface area contributed by atoms with E-state index < -0.39 is 0 Å². The Morgan fingerprint density at radius 3 is 2.72 bits per heavy atom. The third-order valence-corrected chi connectivity index (χ3v) is 5.94. The molecule has 0 unspecified atom stereocenters. The van der Waals surface area contributed by atoms with Crippen LogP contribution in [0.15, 0.2) is 41.7 Å². The summed E-state index contributed by atoms with van der Waals surface area (Å²) >= 11 is 6.07. The first kappa shape index (κ1) is 22.6. The van der Waals surface area contributed by atoms with Crippen LogP contribution in [0.25, 0.3) is 11.1 Å². The number of nitrogens with one attached hydrogen (secondary N) is 1. The number of amides is 1. The first-order valence-corrected chi connectivity index (χ1v) is 11.8. The van der Waals surface area contributed by atoms with Gasteiger partial charge in [-0.1, -0.05) is 35.3 Å². The lowest BCUT2D eigenvalue weighted by Crippen LogP contribution is -2.42. The summed E-state index contributed by atoms with van der Waals surface area (Å²) in [5.74, 6) is 0.974. The number of carbonyl (C=O) groups excluding carboxylic acids is 1. The lowest BCUT2D eigenvalue weighted by molar-refractivity contribution is 0.0831. The molecule has 0 aliphatic heterocycles. The normalized spacial score (nSPS) is 19.8. The quantitative estimate of drug-likeness (QED) is 0.522. The number of hydrogen-bond donors (Lipinski definition) is 1. The van der Waals surface area contributed by atoms with E-state index in [2.05, 4.69) is 15.5 Å². The Hall–Kier alpha value is -2.60. The number of ether oxygens (including phenoxy) is 1. The van der Waals surface area contributed by atoms with Crippen molar-refractivity contribution in [1.29, 1.82) is 0 Å². The molecule has 1 aromatic heterocycles. The highest BCUT2D eigenvalue weighted by Crippen LogP contribution is 2.33. The van der Waals surface area contributed by atoms with Gasteiger partial charge in [0.05, 0.1) is 23.9 Å². The summed E-state index contributed by atoms with van der Waals surface area (Å²) in [6.07, 6.45) is 7.78. The molecule has 32 heavy (non-hydrogen) atoms. The van der Waals surface area contributed by atoms with E-state index in [1.165, 1.54) is 12.8 Å². The van der Waals surface area contributed by atoms with Crippen molar-refractivity contribution in [3.63, 3.8) is 0 Å². The van der Waals surface area contributed by atoms with Gasteiger partial charge in [-0.3, -0.25) is 4.79 Å². The van der Waals surface area contributed by atoms with Crippen molar-refractivity contribution < 1.29 is 14.4 Å². The maximum Gasteiger partial charge on any atom is 0.253 e. The van der Waals surface area contributed by atoms with Gasteiger partial charge in [-0.25, -0.2) is 4.98 Å². The van der Waals surface area contributed by atoms with Crippen molar-refractivity contribution in [2.45, 2.75) is 64.5 Å². The predicted octanol–water partition coefficient (Wildman–Crippen LogP) is 5.64. The second-order valence-electron chi connectivity index (χ2n) is 8.85. The van der Waals surface area contributed by atoms with Gasteiger partial charge in [-0.05, 0) is 75.6 Å². The summed E-state index contributed by atoms with van der Waals surface area (Å²) in [6.45, 7) is 4.53. The Morgan fingerprint density at radius 2 is 2.00 bits per heavy atom. The van der Waals surface area contributed by atoms with Crippen molar-refractivity contribution in [2.75, 3.05) is 6.61 Å². The molecule has 1 N–H and O–H groups in total. The first-order chi connectivity index (χ1) is 15.5. The lowest BCUT2D eigenvalue weighted by atomic mass is 9.93. The van der Waals surface area contributed by atoms with Gasteiger partial charge in [0.15, 0.2) is 0 Å². The third-order valence-electron chi connectivity index (χ3n) is 5.69. The standard InChI is InChI=1S/C25H30ClN3O3/c1-16(2)32-29-23-6-4-3-5-22(23)28-24(30)19-13-21(18-9-11-20(26)12-10-18)25(27-14-19)31-15-17-7-8-17/h9-14,16-17,22H,3-8,15H2,1-2H3,(H,28,30)/t22-/m0/s1. The SMILES string of the molecule is CC(C)ON=C1CCCC[C@@H]1NC(=O)c1cnc(OCC2CC2)c(-c2ccc(Cl)cc2)c1. The highest BCUT2D eigenvalue weighted by Gasteiger charge is 2.25. The molecule has 2 aliphatic rings. The van der Waals surface area contributed by atoms with Gasteiger partial charge in [-0.15, -0.1) is 0 Å². The molecule has 4 rings (SSSR count). The summed E-state index contributed by atoms with van der Waals surface area (Å²) < 4.78 is 5.99. The number of carbonyl (C=O) groups is 1. The van der Waals surface area contributed by atoms with E-state index in [0.717, 1.165) is 42.5 Å². The second kappa shape index (κ2) is 10.3. The van der Waals surface area contributed by atoms with Crippen LogP contribution in [0, 0.1) is 5.92 Å². The molecule has 0 radical (unpaired) electrons. The molecule has 1 heterocycles. The number of pyridine rings is 1. The van der Waals surface area contributed by atoms with E-state index in [0.29, 0.717) is 29.0 Å². The Balaban J connectivity index is 1.55. The Kier molecular flexibility index (Phi) is 7.30. The maximum atomic E-state index is 13.1. The number of rotatable bonds is 8. The van der Waals surface area contributed by atoms with E-state index in [1.54, 1.807) is 6.20 Å². The van der Waals surface area contributed by atoms with Crippen LogP contribution in [0.2, 0.25) is 5.02 Å². The van der Waals surface area contributed by atoms with Crippen LogP contribution in [-0.4, -0.2) is 35.4 Å². The molecule has 2 aliphatic carbocycles. The Labute approximate surface area is 194 Å². The minimum Gasteiger partial charge on any atom is -0.477 e. The first-order valence-electron chi connectivity index (χ1n) is 11.4. The van der Waals surface area contributed by atoms with Crippen molar-refractivity contribution in [2.24, 2.45) is 11.1 Å². The lowest BCUT2D eigenvalue weighted by Gasteiger charge is -2.25. The molecule has 6 nitrogen and oxygen atoms in total. The van der Waals surface area contributed by atoms with E-state index in [9.17, 15) is 4.79 Å². The number of benzene rings is 1. The number of nitrogens with zero attached hydrogens (tertiary/aromatic N) is 2. The van der Waals surface area contributed by atoms with Gasteiger partial charge in [0.2, 0.25) is 5.88 Å². The smallest absolute Gasteiger partial charge is 0.253 e. The number of oxime groups is 1. The van der Waals surface area contributed by atoms with E-state index in [1.807, 2.05) is 44.2 Å². The minimum atomic E-state index is -0.175. The van der Waals surface area contributed by atoms with Crippen molar-refractivity contribution in [3.05, 3.63) is 47.1 Å². The second-order valence-corrected chi connectivity index (χ2v) is 9.28. The van der Waals surface area contributed by atoms with Gasteiger partial charge >= 0.3 is 0 Å². The molecular formula is C25H30ClN3O3. The summed E-state index contributed by atoms with van der Waals surface area (Å²) in [7, 11) is 0. The van der Waals surface area contributed by atoms with Gasteiger partial charge in [0.25, 0.3) is 5.91 Å². The van der Waals surface area contributed by atoms with Crippen molar-refractivity contribution in [1.82, 2.24) is 10.3 Å². The van der Waals surface area contributed by atoms with Crippen LogP contribution in [0.4, 0.5) is 0 Å². The Morgan fingerprint density at radius 1 is 1.22 bits per heavy atom. The minimum absolute atomic E-state index is 0.00935. The fourth-order valence-electron chi connectivity index (χ4n) is 3.68. The van der Waals surface area contributed by atoms with Crippen LogP contribution in [0.3, 0.4) is 0 Å². The third kappa shape index (κ3) is 6.00. The molecule has 1 aromatic carbocycles. The molecule has 1 amide bonds. The zero-order chi connectivity index (χ0) is 22.5. The van der Waals surface area contributed by atoms with Crippen molar-refractivity contribution in [3.8, 4) is 17.0 Å². The average Bonchev–Trinajstić information content (AvgIpc) is 3.62. The van der Waals surface area contributed by atoms with Crippen LogP contribution >= 0.6 is 11.6 Å². The van der Waals surface area contributed by atoms with Crippen LogP contribution in [-0.2, 0) is 4.84 Å². The van der Waals surface area contributed by atoms with Crippen molar-refractivity contribution >= 4 is 23.2 Å². The molecule has 170 valence electrons. The predicted molar refractivity (Wildman–Crippen MR) is 126 cm³/mol. The molecular weight excluding hydrogens is 426 g/mol. The summed E-state index contributed by atoms with van der Waals surface area (Å²) in [5, 5.41) is 8.08. The average molecular weight is 456 g/mol. The zero-order valence-corrected chi connectivity index (χ0v) is 19.4. The topological polar surface area (TPSA) is 72.8 Å². The van der Waals surface area contributed by atoms with Gasteiger partial charge in [-0.2, -0.15) is 0 Å². The van der Waals surface area contributed by atoms with Crippen LogP contribution in [0.5, 0.6) is 5.88 Å². The van der Waals surface area contributed by atoms with Crippen LogP contribution in [0.1, 0.15) is 62.7 Å². The Bertz CT molecular complexity index is 971. The summed E-state index contributed by atoms with van der Waals surface area (Å²) in [5.41, 5.74) is 3.08. The maximum absolute atomic E-state index is 13.1. The van der Waals surface area contributed by atoms with Gasteiger partial charge < -0.3 is 14.9 Å². The van der Waals surface area contributed by atoms with Gasteiger partial charge in [0, 0.05) is 16.8 Å². The number of hydrogen-bond acceptors (Lipinski definition) is 5. The fraction of sp³-hybridized carbons (Fsp3) is 0.480. The molecule has 7 heteroatoms. The zero-order valence-electron chi connectivity index (χ0n) is 18.6. The highest BCUT2D eigenvalue weighted by molar-refractivity contribution is 6.30. The molecule has 0 spiro atoms.